The van der Waals surface area contributed by atoms with Crippen LogP contribution in [0.1, 0.15) is 18.2 Å². The van der Waals surface area contributed by atoms with Crippen molar-refractivity contribution in [3.05, 3.63) is 48.0 Å². The molecule has 3 amide bonds. The molecule has 0 saturated heterocycles. The number of carbonyl (C=O) groups excluding carboxylic acids is 3. The second-order valence-corrected chi connectivity index (χ2v) is 7.64. The van der Waals surface area contributed by atoms with Gasteiger partial charge in [0.25, 0.3) is 0 Å². The molecule has 0 spiro atoms. The molecule has 0 saturated carbocycles. The lowest BCUT2D eigenvalue weighted by molar-refractivity contribution is -0.142. The maximum atomic E-state index is 12.8. The van der Waals surface area contributed by atoms with Gasteiger partial charge in [0.05, 0.1) is 19.0 Å². The van der Waals surface area contributed by atoms with Crippen molar-refractivity contribution in [3.8, 4) is 5.75 Å². The van der Waals surface area contributed by atoms with Crippen molar-refractivity contribution in [1.29, 1.82) is 0 Å². The molecular formula is C21H28N6O7. The first-order valence-corrected chi connectivity index (χ1v) is 10.4. The minimum absolute atomic E-state index is 0.00264. The fraction of sp³-hybridized carbons (Fsp3) is 0.381. The van der Waals surface area contributed by atoms with E-state index in [4.69, 9.17) is 5.73 Å². The minimum atomic E-state index is -1.48. The van der Waals surface area contributed by atoms with Gasteiger partial charge in [-0.25, -0.2) is 9.78 Å². The highest BCUT2D eigenvalue weighted by molar-refractivity contribution is 5.94. The number of aromatic amines is 1. The molecule has 4 atom stereocenters. The Morgan fingerprint density at radius 2 is 1.56 bits per heavy atom. The van der Waals surface area contributed by atoms with Crippen LogP contribution in [0.15, 0.2) is 36.8 Å². The van der Waals surface area contributed by atoms with E-state index in [1.807, 2.05) is 0 Å². The second-order valence-electron chi connectivity index (χ2n) is 7.64. The maximum Gasteiger partial charge on any atom is 0.326 e. The predicted octanol–water partition coefficient (Wildman–Crippen LogP) is -2.22. The molecule has 0 radical (unpaired) electrons. The molecule has 0 aliphatic rings. The Morgan fingerprint density at radius 1 is 0.971 bits per heavy atom. The summed E-state index contributed by atoms with van der Waals surface area (Å²) in [6.45, 7) is 0.617. The van der Waals surface area contributed by atoms with Crippen LogP contribution in [-0.4, -0.2) is 79.8 Å². The molecule has 1 heterocycles. The van der Waals surface area contributed by atoms with E-state index in [9.17, 15) is 34.5 Å². The third-order valence-electron chi connectivity index (χ3n) is 4.83. The summed E-state index contributed by atoms with van der Waals surface area (Å²) in [6.07, 6.45) is 2.75. The zero-order chi connectivity index (χ0) is 25.3. The molecule has 1 aromatic carbocycles. The zero-order valence-electron chi connectivity index (χ0n) is 18.4. The predicted molar refractivity (Wildman–Crippen MR) is 118 cm³/mol. The van der Waals surface area contributed by atoms with Crippen molar-refractivity contribution in [2.45, 2.75) is 43.9 Å². The van der Waals surface area contributed by atoms with Crippen molar-refractivity contribution < 1.29 is 34.5 Å². The number of nitrogens with zero attached hydrogens (tertiary/aromatic N) is 1. The van der Waals surface area contributed by atoms with Crippen molar-refractivity contribution in [2.24, 2.45) is 5.73 Å². The highest BCUT2D eigenvalue weighted by Gasteiger charge is 2.30. The highest BCUT2D eigenvalue weighted by Crippen LogP contribution is 2.11. The van der Waals surface area contributed by atoms with Gasteiger partial charge in [-0.05, 0) is 24.6 Å². The quantitative estimate of drug-likeness (QED) is 0.166. The molecule has 0 aliphatic heterocycles. The highest BCUT2D eigenvalue weighted by atomic mass is 16.4. The second kappa shape index (κ2) is 12.3. The number of phenols is 1. The van der Waals surface area contributed by atoms with Crippen LogP contribution in [0.3, 0.4) is 0 Å². The lowest BCUT2D eigenvalue weighted by atomic mass is 10.1. The van der Waals surface area contributed by atoms with Crippen LogP contribution in [0.25, 0.3) is 0 Å². The number of phenolic OH excluding ortho intramolecular Hbond substituents is 1. The topological polar surface area (TPSA) is 220 Å². The first-order chi connectivity index (χ1) is 16.1. The van der Waals surface area contributed by atoms with Gasteiger partial charge in [-0.3, -0.25) is 14.4 Å². The Hall–Kier alpha value is -3.97. The normalized spacial score (nSPS) is 14.3. The molecule has 1 aromatic heterocycles. The number of carboxylic acids is 1. The standard InChI is InChI=1S/C21H28N6O7/c1-11(22)18(30)25-15(7-13-8-23-10-24-13)19(31)27-17(9-28)20(32)26-16(21(33)34)6-12-2-4-14(29)5-3-12/h2-5,8,10-11,15-17,28-29H,6-7,9,22H2,1H3,(H,23,24)(H,25,30)(H,26,32)(H,27,31)(H,33,34). The Labute approximate surface area is 194 Å². The van der Waals surface area contributed by atoms with Gasteiger partial charge in [-0.1, -0.05) is 12.1 Å². The van der Waals surface area contributed by atoms with Crippen LogP contribution in [0.2, 0.25) is 0 Å². The molecule has 2 rings (SSSR count). The number of aromatic nitrogens is 2. The summed E-state index contributed by atoms with van der Waals surface area (Å²) in [5.74, 6) is -3.65. The Balaban J connectivity index is 2.08. The average molecular weight is 476 g/mol. The average Bonchev–Trinajstić information content (AvgIpc) is 3.30. The van der Waals surface area contributed by atoms with Gasteiger partial charge in [0.1, 0.15) is 23.9 Å². The Bertz CT molecular complexity index is 978. The van der Waals surface area contributed by atoms with Crippen LogP contribution in [0.4, 0.5) is 0 Å². The fourth-order valence-electron chi connectivity index (χ4n) is 2.94. The lowest BCUT2D eigenvalue weighted by Crippen LogP contribution is -2.58. The van der Waals surface area contributed by atoms with E-state index in [1.54, 1.807) is 0 Å². The van der Waals surface area contributed by atoms with E-state index < -0.39 is 54.5 Å². The monoisotopic (exact) mass is 476 g/mol. The molecule has 0 fully saturated rings. The number of hydrogen-bond acceptors (Lipinski definition) is 8. The summed E-state index contributed by atoms with van der Waals surface area (Å²) < 4.78 is 0. The van der Waals surface area contributed by atoms with Crippen molar-refractivity contribution in [1.82, 2.24) is 25.9 Å². The smallest absolute Gasteiger partial charge is 0.326 e. The molecular weight excluding hydrogens is 448 g/mol. The number of H-pyrrole nitrogens is 1. The van der Waals surface area contributed by atoms with Gasteiger partial charge in [-0.15, -0.1) is 0 Å². The summed E-state index contributed by atoms with van der Waals surface area (Å²) in [4.78, 5) is 55.7. The van der Waals surface area contributed by atoms with Gasteiger partial charge in [0.2, 0.25) is 17.7 Å². The SMILES string of the molecule is CC(N)C(=O)NC(Cc1cnc[nH]1)C(=O)NC(CO)C(=O)NC(Cc1ccc(O)cc1)C(=O)O. The summed E-state index contributed by atoms with van der Waals surface area (Å²) in [5, 5.41) is 35.5. The third kappa shape index (κ3) is 7.86. The zero-order valence-corrected chi connectivity index (χ0v) is 18.4. The fourth-order valence-corrected chi connectivity index (χ4v) is 2.94. The minimum Gasteiger partial charge on any atom is -0.508 e. The summed E-state index contributed by atoms with van der Waals surface area (Å²) in [7, 11) is 0. The summed E-state index contributed by atoms with van der Waals surface area (Å²) in [5.41, 5.74) is 6.61. The molecule has 9 N–H and O–H groups in total. The van der Waals surface area contributed by atoms with Gasteiger partial charge in [-0.2, -0.15) is 0 Å². The van der Waals surface area contributed by atoms with E-state index in [0.29, 0.717) is 11.3 Å². The van der Waals surface area contributed by atoms with Crippen LogP contribution in [0, 0.1) is 0 Å². The number of benzene rings is 1. The number of carboxylic acid groups (broad SMARTS) is 1. The Morgan fingerprint density at radius 3 is 2.09 bits per heavy atom. The maximum absolute atomic E-state index is 12.8. The van der Waals surface area contributed by atoms with Gasteiger partial charge in [0.15, 0.2) is 0 Å². The van der Waals surface area contributed by atoms with Gasteiger partial charge in [0, 0.05) is 24.7 Å². The Kier molecular flexibility index (Phi) is 9.52. The number of aliphatic hydroxyl groups excluding tert-OH is 1. The number of nitrogens with two attached hydrogens (primary N) is 1. The van der Waals surface area contributed by atoms with Gasteiger partial charge < -0.3 is 42.0 Å². The number of aromatic hydroxyl groups is 1. The number of amides is 3. The molecule has 34 heavy (non-hydrogen) atoms. The molecule has 4 unspecified atom stereocenters. The number of nitrogens with one attached hydrogen (secondary N) is 4. The van der Waals surface area contributed by atoms with Crippen molar-refractivity contribution >= 4 is 23.7 Å². The molecule has 184 valence electrons. The first kappa shape index (κ1) is 26.3. The van der Waals surface area contributed by atoms with E-state index >= 15 is 0 Å². The van der Waals surface area contributed by atoms with E-state index in [2.05, 4.69) is 25.9 Å². The van der Waals surface area contributed by atoms with Crippen molar-refractivity contribution in [2.75, 3.05) is 6.61 Å². The van der Waals surface area contributed by atoms with Crippen LogP contribution in [0.5, 0.6) is 5.75 Å². The number of imidazole rings is 1. The lowest BCUT2D eigenvalue weighted by Gasteiger charge is -2.23. The van der Waals surface area contributed by atoms with Gasteiger partial charge >= 0.3 is 5.97 Å². The van der Waals surface area contributed by atoms with Crippen LogP contribution >= 0.6 is 0 Å². The molecule has 13 heteroatoms. The number of aliphatic hydroxyl groups is 1. The number of aliphatic carboxylic acids is 1. The van der Waals surface area contributed by atoms with Crippen LogP contribution in [-0.2, 0) is 32.0 Å². The molecule has 0 aliphatic carbocycles. The van der Waals surface area contributed by atoms with E-state index in [1.165, 1.54) is 43.7 Å². The molecule has 2 aromatic rings. The summed E-state index contributed by atoms with van der Waals surface area (Å²) >= 11 is 0. The van der Waals surface area contributed by atoms with E-state index in [0.717, 1.165) is 0 Å². The summed E-state index contributed by atoms with van der Waals surface area (Å²) in [6, 6.07) is 0.880. The molecule has 0 bridgehead atoms. The van der Waals surface area contributed by atoms with Crippen LogP contribution < -0.4 is 21.7 Å². The third-order valence-corrected chi connectivity index (χ3v) is 4.83. The molecule has 13 nitrogen and oxygen atoms in total. The van der Waals surface area contributed by atoms with Crippen molar-refractivity contribution in [3.63, 3.8) is 0 Å². The van der Waals surface area contributed by atoms with E-state index in [-0.39, 0.29) is 18.6 Å². The number of carbonyl (C=O) groups is 4. The number of rotatable bonds is 12. The largest absolute Gasteiger partial charge is 0.508 e. The first-order valence-electron chi connectivity index (χ1n) is 10.4. The number of hydrogen-bond donors (Lipinski definition) is 8.